The fourth-order valence-corrected chi connectivity index (χ4v) is 1.33. The molecule has 0 aliphatic heterocycles. The summed E-state index contributed by atoms with van der Waals surface area (Å²) in [6, 6.07) is 6.91. The molecule has 1 aromatic carbocycles. The fourth-order valence-electron chi connectivity index (χ4n) is 1.33. The molecule has 6 nitrogen and oxygen atoms in total. The Morgan fingerprint density at radius 1 is 1.32 bits per heavy atom. The Bertz CT molecular complexity index is 446. The van der Waals surface area contributed by atoms with Crippen molar-refractivity contribution in [2.45, 2.75) is 6.42 Å². The lowest BCUT2D eigenvalue weighted by Crippen LogP contribution is -2.33. The fraction of sp³-hybridized carbons (Fsp3) is 0.385. The van der Waals surface area contributed by atoms with Gasteiger partial charge in [-0.2, -0.15) is 0 Å². The largest absolute Gasteiger partial charge is 0.497 e. The van der Waals surface area contributed by atoms with Crippen molar-refractivity contribution in [2.24, 2.45) is 0 Å². The molecule has 1 aromatic rings. The van der Waals surface area contributed by atoms with Crippen molar-refractivity contribution >= 4 is 11.9 Å². The summed E-state index contributed by atoms with van der Waals surface area (Å²) in [6.07, 6.45) is -0.0819. The molecule has 0 aliphatic carbocycles. The molecular formula is C13H17NO5. The molecular weight excluding hydrogens is 250 g/mol. The number of carbonyl (C=O) groups excluding carboxylic acids is 1. The van der Waals surface area contributed by atoms with Crippen LogP contribution < -0.4 is 9.47 Å². The van der Waals surface area contributed by atoms with Crippen LogP contribution in [0.15, 0.2) is 24.3 Å². The first-order valence-electron chi connectivity index (χ1n) is 5.75. The maximum absolute atomic E-state index is 11.7. The number of carboxylic acid groups (broad SMARTS) is 1. The van der Waals surface area contributed by atoms with Crippen LogP contribution in [0.4, 0.5) is 0 Å². The van der Waals surface area contributed by atoms with Crippen molar-refractivity contribution in [2.75, 3.05) is 27.3 Å². The number of hydrogen-bond acceptors (Lipinski definition) is 4. The van der Waals surface area contributed by atoms with Gasteiger partial charge in [0, 0.05) is 19.7 Å². The lowest BCUT2D eigenvalue weighted by atomic mass is 10.3. The molecule has 0 bridgehead atoms. The number of benzene rings is 1. The third-order valence-electron chi connectivity index (χ3n) is 2.49. The number of likely N-dealkylation sites (N-methyl/N-ethyl adjacent to an activating group) is 1. The molecule has 0 atom stereocenters. The monoisotopic (exact) mass is 267 g/mol. The molecule has 0 aliphatic rings. The van der Waals surface area contributed by atoms with Crippen LogP contribution in [0, 0.1) is 0 Å². The number of carboxylic acids is 1. The smallest absolute Gasteiger partial charge is 0.305 e. The van der Waals surface area contributed by atoms with Crippen LogP contribution in [-0.4, -0.2) is 49.2 Å². The summed E-state index contributed by atoms with van der Waals surface area (Å²) < 4.78 is 10.4. The molecule has 1 rings (SSSR count). The molecule has 6 heteroatoms. The van der Waals surface area contributed by atoms with Gasteiger partial charge < -0.3 is 19.5 Å². The van der Waals surface area contributed by atoms with E-state index in [1.165, 1.54) is 4.90 Å². The topological polar surface area (TPSA) is 76.1 Å². The highest BCUT2D eigenvalue weighted by atomic mass is 16.5. The maximum Gasteiger partial charge on any atom is 0.305 e. The summed E-state index contributed by atoms with van der Waals surface area (Å²) in [6.45, 7) is 0.0267. The highest BCUT2D eigenvalue weighted by molar-refractivity contribution is 5.78. The summed E-state index contributed by atoms with van der Waals surface area (Å²) in [4.78, 5) is 23.4. The van der Waals surface area contributed by atoms with Gasteiger partial charge in [-0.3, -0.25) is 9.59 Å². The number of amides is 1. The molecule has 0 radical (unpaired) electrons. The first-order chi connectivity index (χ1) is 9.02. The second-order valence-electron chi connectivity index (χ2n) is 3.93. The summed E-state index contributed by atoms with van der Waals surface area (Å²) in [5.74, 6) is -0.0408. The number of ether oxygens (including phenoxy) is 2. The zero-order valence-corrected chi connectivity index (χ0v) is 11.0. The summed E-state index contributed by atoms with van der Waals surface area (Å²) >= 11 is 0. The van der Waals surface area contributed by atoms with Crippen LogP contribution in [0.5, 0.6) is 11.5 Å². The van der Waals surface area contributed by atoms with E-state index in [1.54, 1.807) is 38.4 Å². The Hall–Kier alpha value is -2.24. The Balaban J connectivity index is 2.42. The first-order valence-corrected chi connectivity index (χ1v) is 5.75. The third kappa shape index (κ3) is 5.29. The van der Waals surface area contributed by atoms with E-state index < -0.39 is 5.97 Å². The van der Waals surface area contributed by atoms with E-state index in [-0.39, 0.29) is 25.5 Å². The average Bonchev–Trinajstić information content (AvgIpc) is 2.42. The van der Waals surface area contributed by atoms with Crippen LogP contribution >= 0.6 is 0 Å². The van der Waals surface area contributed by atoms with Gasteiger partial charge in [0.1, 0.15) is 11.5 Å². The highest BCUT2D eigenvalue weighted by Gasteiger charge is 2.11. The molecule has 0 aromatic heterocycles. The summed E-state index contributed by atoms with van der Waals surface area (Å²) in [5.41, 5.74) is 0. The molecule has 19 heavy (non-hydrogen) atoms. The van der Waals surface area contributed by atoms with Gasteiger partial charge in [-0.25, -0.2) is 0 Å². The standard InChI is InChI=1S/C13H17NO5/c1-14(7-6-13(16)17)12(15)9-19-11-5-3-4-10(8-11)18-2/h3-5,8H,6-7,9H2,1-2H3,(H,16,17). The summed E-state index contributed by atoms with van der Waals surface area (Å²) in [5, 5.41) is 8.53. The van der Waals surface area contributed by atoms with Crippen LogP contribution in [-0.2, 0) is 9.59 Å². The van der Waals surface area contributed by atoms with Gasteiger partial charge in [-0.05, 0) is 12.1 Å². The van der Waals surface area contributed by atoms with Crippen LogP contribution in [0.1, 0.15) is 6.42 Å². The zero-order chi connectivity index (χ0) is 14.3. The van der Waals surface area contributed by atoms with Crippen molar-refractivity contribution in [1.29, 1.82) is 0 Å². The van der Waals surface area contributed by atoms with Gasteiger partial charge in [-0.1, -0.05) is 6.07 Å². The minimum Gasteiger partial charge on any atom is -0.497 e. The lowest BCUT2D eigenvalue weighted by Gasteiger charge is -2.16. The average molecular weight is 267 g/mol. The van der Waals surface area contributed by atoms with Crippen molar-refractivity contribution < 1.29 is 24.2 Å². The number of methoxy groups -OCH3 is 1. The maximum atomic E-state index is 11.7. The second kappa shape index (κ2) is 7.25. The van der Waals surface area contributed by atoms with E-state index in [9.17, 15) is 9.59 Å². The first kappa shape index (κ1) is 14.8. The van der Waals surface area contributed by atoms with Gasteiger partial charge >= 0.3 is 5.97 Å². The van der Waals surface area contributed by atoms with Crippen LogP contribution in [0.25, 0.3) is 0 Å². The minimum atomic E-state index is -0.937. The number of nitrogens with zero attached hydrogens (tertiary/aromatic N) is 1. The second-order valence-corrected chi connectivity index (χ2v) is 3.93. The molecule has 0 saturated carbocycles. The van der Waals surface area contributed by atoms with Crippen LogP contribution in [0.2, 0.25) is 0 Å². The predicted octanol–water partition coefficient (Wildman–Crippen LogP) is 1.01. The molecule has 0 unspecified atom stereocenters. The molecule has 104 valence electrons. The lowest BCUT2D eigenvalue weighted by molar-refractivity contribution is -0.138. The van der Waals surface area contributed by atoms with E-state index in [1.807, 2.05) is 0 Å². The van der Waals surface area contributed by atoms with Crippen molar-refractivity contribution in [1.82, 2.24) is 4.90 Å². The van der Waals surface area contributed by atoms with E-state index in [2.05, 4.69) is 0 Å². The predicted molar refractivity (Wildman–Crippen MR) is 68.4 cm³/mol. The minimum absolute atomic E-state index is 0.0819. The van der Waals surface area contributed by atoms with Gasteiger partial charge in [-0.15, -0.1) is 0 Å². The van der Waals surface area contributed by atoms with Gasteiger partial charge in [0.15, 0.2) is 6.61 Å². The van der Waals surface area contributed by atoms with Gasteiger partial charge in [0.05, 0.1) is 13.5 Å². The van der Waals surface area contributed by atoms with Gasteiger partial charge in [0.25, 0.3) is 5.91 Å². The zero-order valence-electron chi connectivity index (χ0n) is 11.0. The SMILES string of the molecule is COc1cccc(OCC(=O)N(C)CCC(=O)O)c1. The quantitative estimate of drug-likeness (QED) is 0.797. The van der Waals surface area contributed by atoms with E-state index in [0.29, 0.717) is 11.5 Å². The van der Waals surface area contributed by atoms with E-state index in [4.69, 9.17) is 14.6 Å². The molecule has 0 fully saturated rings. The number of aliphatic carboxylic acids is 1. The third-order valence-corrected chi connectivity index (χ3v) is 2.49. The van der Waals surface area contributed by atoms with E-state index >= 15 is 0 Å². The molecule has 0 heterocycles. The van der Waals surface area contributed by atoms with Crippen molar-refractivity contribution in [3.05, 3.63) is 24.3 Å². The number of carbonyl (C=O) groups is 2. The Morgan fingerprint density at radius 2 is 2.00 bits per heavy atom. The normalized spacial score (nSPS) is 9.79. The summed E-state index contributed by atoms with van der Waals surface area (Å²) in [7, 11) is 3.09. The van der Waals surface area contributed by atoms with Crippen LogP contribution in [0.3, 0.4) is 0 Å². The Labute approximate surface area is 111 Å². The van der Waals surface area contributed by atoms with E-state index in [0.717, 1.165) is 0 Å². The number of hydrogen-bond donors (Lipinski definition) is 1. The van der Waals surface area contributed by atoms with Crippen molar-refractivity contribution in [3.63, 3.8) is 0 Å². The molecule has 0 spiro atoms. The molecule has 0 saturated heterocycles. The molecule has 1 amide bonds. The van der Waals surface area contributed by atoms with Gasteiger partial charge in [0.2, 0.25) is 0 Å². The number of rotatable bonds is 7. The highest BCUT2D eigenvalue weighted by Crippen LogP contribution is 2.18. The van der Waals surface area contributed by atoms with Crippen molar-refractivity contribution in [3.8, 4) is 11.5 Å². The Kier molecular flexibility index (Phi) is 5.66. The Morgan fingerprint density at radius 3 is 2.63 bits per heavy atom. The molecule has 1 N–H and O–H groups in total.